The third-order valence-corrected chi connectivity index (χ3v) is 4.43. The smallest absolute Gasteiger partial charge is 0.344 e. The van der Waals surface area contributed by atoms with Crippen molar-refractivity contribution in [3.05, 3.63) is 97.6 Å². The fraction of sp³-hybridized carbons (Fsp3) is 0.0952. The molecular weight excluding hydrogens is 376 g/mol. The van der Waals surface area contributed by atoms with Crippen molar-refractivity contribution < 1.29 is 19.4 Å². The third-order valence-electron chi connectivity index (χ3n) is 4.43. The van der Waals surface area contributed by atoms with E-state index in [0.29, 0.717) is 0 Å². The van der Waals surface area contributed by atoms with E-state index in [2.05, 4.69) is 0 Å². The highest BCUT2D eigenvalue weighted by atomic mass is 16.6. The Morgan fingerprint density at radius 2 is 1.24 bits per heavy atom. The van der Waals surface area contributed by atoms with Gasteiger partial charge in [-0.05, 0) is 37.1 Å². The molecule has 0 aliphatic rings. The lowest BCUT2D eigenvalue weighted by molar-refractivity contribution is -0.395. The number of esters is 1. The minimum atomic E-state index is -0.917. The Labute approximate surface area is 165 Å². The van der Waals surface area contributed by atoms with Crippen LogP contribution in [0.1, 0.15) is 21.5 Å². The number of ether oxygens (including phenoxy) is 1. The maximum absolute atomic E-state index is 12.4. The molecule has 0 aliphatic heterocycles. The molecule has 3 rings (SSSR count). The van der Waals surface area contributed by atoms with Gasteiger partial charge < -0.3 is 4.74 Å². The molecule has 8 nitrogen and oxygen atoms in total. The SMILES string of the molecule is Cc1ccc(-c2ccc(OC(=O)c3cc([N+](=O)[O-])c(C)c([N+](=O)[O-])c3)cc2)cc1. The lowest BCUT2D eigenvalue weighted by Gasteiger charge is -2.07. The van der Waals surface area contributed by atoms with Crippen molar-refractivity contribution in [2.75, 3.05) is 0 Å². The van der Waals surface area contributed by atoms with Gasteiger partial charge in [-0.15, -0.1) is 0 Å². The number of aryl methyl sites for hydroxylation is 1. The lowest BCUT2D eigenvalue weighted by Crippen LogP contribution is -2.10. The Kier molecular flexibility index (Phi) is 5.36. The van der Waals surface area contributed by atoms with Gasteiger partial charge >= 0.3 is 5.97 Å². The van der Waals surface area contributed by atoms with Gasteiger partial charge in [0, 0.05) is 12.1 Å². The van der Waals surface area contributed by atoms with Crippen molar-refractivity contribution in [3.63, 3.8) is 0 Å². The molecule has 0 aromatic heterocycles. The quantitative estimate of drug-likeness (QED) is 0.261. The zero-order valence-electron chi connectivity index (χ0n) is 15.6. The normalized spacial score (nSPS) is 10.4. The summed E-state index contributed by atoms with van der Waals surface area (Å²) in [6.45, 7) is 3.25. The van der Waals surface area contributed by atoms with Crippen molar-refractivity contribution in [1.29, 1.82) is 0 Å². The maximum Gasteiger partial charge on any atom is 0.344 e. The van der Waals surface area contributed by atoms with E-state index < -0.39 is 27.2 Å². The van der Waals surface area contributed by atoms with Crippen LogP contribution in [-0.2, 0) is 0 Å². The van der Waals surface area contributed by atoms with Crippen LogP contribution in [0.2, 0.25) is 0 Å². The summed E-state index contributed by atoms with van der Waals surface area (Å²) in [7, 11) is 0. The number of carbonyl (C=O) groups is 1. The van der Waals surface area contributed by atoms with Crippen LogP contribution < -0.4 is 4.74 Å². The number of nitro groups is 2. The van der Waals surface area contributed by atoms with E-state index in [1.807, 2.05) is 31.2 Å². The molecule has 0 fully saturated rings. The number of hydrogen-bond donors (Lipinski definition) is 0. The summed E-state index contributed by atoms with van der Waals surface area (Å²) in [5.41, 5.74) is 1.64. The summed E-state index contributed by atoms with van der Waals surface area (Å²) in [4.78, 5) is 33.2. The number of carbonyl (C=O) groups excluding carboxylic acids is 1. The van der Waals surface area contributed by atoms with Crippen LogP contribution in [0.4, 0.5) is 11.4 Å². The second kappa shape index (κ2) is 7.89. The molecule has 0 spiro atoms. The van der Waals surface area contributed by atoms with E-state index in [1.165, 1.54) is 6.92 Å². The number of rotatable bonds is 5. The second-order valence-corrected chi connectivity index (χ2v) is 6.43. The zero-order chi connectivity index (χ0) is 21.1. The van der Waals surface area contributed by atoms with Crippen molar-refractivity contribution in [2.45, 2.75) is 13.8 Å². The maximum atomic E-state index is 12.4. The number of benzene rings is 3. The molecule has 0 unspecified atom stereocenters. The fourth-order valence-corrected chi connectivity index (χ4v) is 2.81. The van der Waals surface area contributed by atoms with Gasteiger partial charge in [0.2, 0.25) is 0 Å². The molecule has 0 atom stereocenters. The molecule has 8 heteroatoms. The van der Waals surface area contributed by atoms with E-state index in [-0.39, 0.29) is 16.9 Å². The minimum Gasteiger partial charge on any atom is -0.423 e. The lowest BCUT2D eigenvalue weighted by atomic mass is 10.0. The van der Waals surface area contributed by atoms with Gasteiger partial charge in [0.25, 0.3) is 11.4 Å². The monoisotopic (exact) mass is 392 g/mol. The average molecular weight is 392 g/mol. The van der Waals surface area contributed by atoms with Crippen molar-refractivity contribution in [1.82, 2.24) is 0 Å². The van der Waals surface area contributed by atoms with Gasteiger partial charge in [0.1, 0.15) is 11.3 Å². The second-order valence-electron chi connectivity index (χ2n) is 6.43. The van der Waals surface area contributed by atoms with Gasteiger partial charge in [0.05, 0.1) is 15.4 Å². The number of nitro benzene ring substituents is 2. The first-order valence-electron chi connectivity index (χ1n) is 8.59. The minimum absolute atomic E-state index is 0.126. The summed E-state index contributed by atoms with van der Waals surface area (Å²) >= 11 is 0. The van der Waals surface area contributed by atoms with E-state index in [9.17, 15) is 25.0 Å². The van der Waals surface area contributed by atoms with E-state index in [1.54, 1.807) is 24.3 Å². The van der Waals surface area contributed by atoms with Gasteiger partial charge in [-0.3, -0.25) is 20.2 Å². The van der Waals surface area contributed by atoms with Gasteiger partial charge in [-0.25, -0.2) is 4.79 Å². The third kappa shape index (κ3) is 4.27. The molecule has 0 amide bonds. The van der Waals surface area contributed by atoms with E-state index in [4.69, 9.17) is 4.74 Å². The predicted molar refractivity (Wildman–Crippen MR) is 106 cm³/mol. The predicted octanol–water partition coefficient (Wildman–Crippen LogP) is 5.01. The highest BCUT2D eigenvalue weighted by molar-refractivity contribution is 5.93. The number of hydrogen-bond acceptors (Lipinski definition) is 6. The molecule has 0 aliphatic carbocycles. The Bertz CT molecular complexity index is 1070. The van der Waals surface area contributed by atoms with Gasteiger partial charge in [0.15, 0.2) is 0 Å². The van der Waals surface area contributed by atoms with Crippen LogP contribution in [-0.4, -0.2) is 15.8 Å². The van der Waals surface area contributed by atoms with Crippen molar-refractivity contribution in [3.8, 4) is 16.9 Å². The molecule has 0 radical (unpaired) electrons. The molecule has 0 saturated carbocycles. The average Bonchev–Trinajstić information content (AvgIpc) is 2.69. The Morgan fingerprint density at radius 3 is 1.69 bits per heavy atom. The summed E-state index contributed by atoms with van der Waals surface area (Å²) < 4.78 is 5.24. The molecule has 0 N–H and O–H groups in total. The van der Waals surface area contributed by atoms with Crippen LogP contribution in [0.5, 0.6) is 5.75 Å². The Morgan fingerprint density at radius 1 is 0.793 bits per heavy atom. The summed E-state index contributed by atoms with van der Waals surface area (Å²) in [6.07, 6.45) is 0. The van der Waals surface area contributed by atoms with Crippen LogP contribution in [0, 0.1) is 34.1 Å². The molecule has 146 valence electrons. The molecular formula is C21H16N2O6. The molecule has 0 heterocycles. The van der Waals surface area contributed by atoms with Crippen LogP contribution >= 0.6 is 0 Å². The Hall–Kier alpha value is -4.07. The van der Waals surface area contributed by atoms with E-state index in [0.717, 1.165) is 28.8 Å². The molecule has 3 aromatic carbocycles. The highest BCUT2D eigenvalue weighted by Crippen LogP contribution is 2.30. The van der Waals surface area contributed by atoms with Crippen LogP contribution in [0.3, 0.4) is 0 Å². The molecule has 0 saturated heterocycles. The number of nitrogens with zero attached hydrogens (tertiary/aromatic N) is 2. The van der Waals surface area contributed by atoms with Crippen LogP contribution in [0.15, 0.2) is 60.7 Å². The summed E-state index contributed by atoms with van der Waals surface area (Å²) in [5, 5.41) is 22.3. The van der Waals surface area contributed by atoms with Crippen molar-refractivity contribution >= 4 is 17.3 Å². The first-order chi connectivity index (χ1) is 13.8. The fourth-order valence-electron chi connectivity index (χ4n) is 2.81. The molecule has 0 bridgehead atoms. The molecule has 29 heavy (non-hydrogen) atoms. The first-order valence-corrected chi connectivity index (χ1v) is 8.59. The van der Waals surface area contributed by atoms with E-state index >= 15 is 0 Å². The summed E-state index contributed by atoms with van der Waals surface area (Å²) in [6, 6.07) is 16.6. The topological polar surface area (TPSA) is 113 Å². The Balaban J connectivity index is 1.85. The highest BCUT2D eigenvalue weighted by Gasteiger charge is 2.26. The first kappa shape index (κ1) is 19.7. The van der Waals surface area contributed by atoms with Gasteiger partial charge in [-0.2, -0.15) is 0 Å². The standard InChI is InChI=1S/C21H16N2O6/c1-13-3-5-15(6-4-13)16-7-9-18(10-8-16)29-21(24)17-11-19(22(25)26)14(2)20(12-17)23(27)28/h3-12H,1-2H3. The largest absolute Gasteiger partial charge is 0.423 e. The summed E-state index contributed by atoms with van der Waals surface area (Å²) in [5.74, 6) is -0.698. The van der Waals surface area contributed by atoms with Crippen LogP contribution in [0.25, 0.3) is 11.1 Å². The molecule has 3 aromatic rings. The van der Waals surface area contributed by atoms with Crippen molar-refractivity contribution in [2.24, 2.45) is 0 Å². The zero-order valence-corrected chi connectivity index (χ0v) is 15.6. The van der Waals surface area contributed by atoms with Gasteiger partial charge in [-0.1, -0.05) is 42.0 Å².